The van der Waals surface area contributed by atoms with Gasteiger partial charge in [0.05, 0.1) is 19.6 Å². The van der Waals surface area contributed by atoms with Crippen LogP contribution in [0, 0.1) is 5.92 Å². The Hall–Kier alpha value is -0.530. The van der Waals surface area contributed by atoms with Gasteiger partial charge in [-0.05, 0) is 20.8 Å². The number of hydrogen-bond donors (Lipinski definition) is 2. The van der Waals surface area contributed by atoms with E-state index in [4.69, 9.17) is 0 Å². The van der Waals surface area contributed by atoms with Gasteiger partial charge in [0.1, 0.15) is 0 Å². The van der Waals surface area contributed by atoms with Crippen molar-refractivity contribution >= 4 is 35.9 Å². The van der Waals surface area contributed by atoms with Gasteiger partial charge in [0, 0.05) is 12.6 Å². The van der Waals surface area contributed by atoms with Crippen molar-refractivity contribution in [1.29, 1.82) is 0 Å². The van der Waals surface area contributed by atoms with E-state index in [-0.39, 0.29) is 35.9 Å². The number of rotatable bonds is 5. The first-order valence-electron chi connectivity index (χ1n) is 5.63. The number of carbonyl (C=O) groups excluding carboxylic acids is 1. The van der Waals surface area contributed by atoms with E-state index in [1.165, 1.54) is 7.11 Å². The smallest absolute Gasteiger partial charge is 0.310 e. The van der Waals surface area contributed by atoms with Crippen LogP contribution in [0.4, 0.5) is 0 Å². The van der Waals surface area contributed by atoms with E-state index in [9.17, 15) is 4.79 Å². The Labute approximate surface area is 121 Å². The summed E-state index contributed by atoms with van der Waals surface area (Å²) in [5, 5.41) is 6.29. The fraction of sp³-hybridized carbons (Fsp3) is 0.818. The van der Waals surface area contributed by atoms with Gasteiger partial charge in [-0.3, -0.25) is 9.79 Å². The van der Waals surface area contributed by atoms with Gasteiger partial charge in [0.2, 0.25) is 0 Å². The molecule has 0 aromatic rings. The summed E-state index contributed by atoms with van der Waals surface area (Å²) in [6, 6.07) is 0.311. The maximum Gasteiger partial charge on any atom is 0.310 e. The highest BCUT2D eigenvalue weighted by atomic mass is 127. The SMILES string of the molecule is CCNC(=NCC(C)C(=O)OC)NC(C)C.I. The Balaban J connectivity index is 0. The van der Waals surface area contributed by atoms with Crippen molar-refractivity contribution in [1.82, 2.24) is 10.6 Å². The molecule has 0 aliphatic rings. The minimum atomic E-state index is -0.232. The number of esters is 1. The van der Waals surface area contributed by atoms with Gasteiger partial charge in [-0.25, -0.2) is 0 Å². The van der Waals surface area contributed by atoms with Gasteiger partial charge in [-0.15, -0.1) is 24.0 Å². The van der Waals surface area contributed by atoms with E-state index in [1.807, 2.05) is 20.8 Å². The van der Waals surface area contributed by atoms with Gasteiger partial charge in [0.25, 0.3) is 0 Å². The van der Waals surface area contributed by atoms with Crippen LogP contribution in [0.3, 0.4) is 0 Å². The Morgan fingerprint density at radius 2 is 1.94 bits per heavy atom. The van der Waals surface area contributed by atoms with Crippen LogP contribution < -0.4 is 10.6 Å². The molecule has 0 fully saturated rings. The standard InChI is InChI=1S/C11H23N3O2.HI/c1-6-12-11(14-8(2)3)13-7-9(4)10(15)16-5;/h8-9H,6-7H2,1-5H3,(H2,12,13,14);1H. The van der Waals surface area contributed by atoms with Crippen LogP contribution >= 0.6 is 24.0 Å². The highest BCUT2D eigenvalue weighted by Crippen LogP contribution is 1.98. The molecule has 0 heterocycles. The molecule has 2 N–H and O–H groups in total. The molecule has 0 bridgehead atoms. The van der Waals surface area contributed by atoms with Crippen LogP contribution in [0.25, 0.3) is 0 Å². The van der Waals surface area contributed by atoms with E-state index in [0.29, 0.717) is 12.6 Å². The molecule has 102 valence electrons. The third-order valence-corrected chi connectivity index (χ3v) is 1.90. The van der Waals surface area contributed by atoms with Crippen LogP contribution in [-0.4, -0.2) is 38.2 Å². The molecule has 0 aliphatic carbocycles. The van der Waals surface area contributed by atoms with E-state index in [0.717, 1.165) is 12.5 Å². The zero-order valence-corrected chi connectivity index (χ0v) is 13.6. The number of nitrogens with zero attached hydrogens (tertiary/aromatic N) is 1. The Bertz CT molecular complexity index is 245. The minimum absolute atomic E-state index is 0. The summed E-state index contributed by atoms with van der Waals surface area (Å²) in [5.41, 5.74) is 0. The third-order valence-electron chi connectivity index (χ3n) is 1.90. The Morgan fingerprint density at radius 1 is 1.35 bits per heavy atom. The molecule has 0 rings (SSSR count). The number of carbonyl (C=O) groups is 1. The monoisotopic (exact) mass is 357 g/mol. The molecular weight excluding hydrogens is 333 g/mol. The third kappa shape index (κ3) is 9.20. The molecule has 0 aromatic carbocycles. The number of nitrogens with one attached hydrogen (secondary N) is 2. The van der Waals surface area contributed by atoms with Crippen LogP contribution in [0.1, 0.15) is 27.7 Å². The molecule has 5 nitrogen and oxygen atoms in total. The van der Waals surface area contributed by atoms with Crippen molar-refractivity contribution in [2.45, 2.75) is 33.7 Å². The molecule has 1 atom stereocenters. The first-order valence-corrected chi connectivity index (χ1v) is 5.63. The highest BCUT2D eigenvalue weighted by Gasteiger charge is 2.12. The fourth-order valence-electron chi connectivity index (χ4n) is 1.10. The summed E-state index contributed by atoms with van der Waals surface area (Å²) < 4.78 is 4.64. The molecule has 0 radical (unpaired) electrons. The Kier molecular flexibility index (Phi) is 11.8. The minimum Gasteiger partial charge on any atom is -0.469 e. The number of hydrogen-bond acceptors (Lipinski definition) is 3. The topological polar surface area (TPSA) is 62.7 Å². The molecule has 17 heavy (non-hydrogen) atoms. The fourth-order valence-corrected chi connectivity index (χ4v) is 1.10. The van der Waals surface area contributed by atoms with Crippen molar-refractivity contribution in [2.75, 3.05) is 20.2 Å². The number of aliphatic imine (C=N–C) groups is 1. The summed E-state index contributed by atoms with van der Waals surface area (Å²) in [4.78, 5) is 15.5. The second kappa shape index (κ2) is 10.6. The largest absolute Gasteiger partial charge is 0.469 e. The van der Waals surface area contributed by atoms with E-state index >= 15 is 0 Å². The normalized spacial score (nSPS) is 12.7. The maximum absolute atomic E-state index is 11.2. The number of halogens is 1. The lowest BCUT2D eigenvalue weighted by molar-refractivity contribution is -0.144. The average molecular weight is 357 g/mol. The molecule has 0 amide bonds. The van der Waals surface area contributed by atoms with Crippen molar-refractivity contribution in [3.05, 3.63) is 0 Å². The molecule has 0 saturated carbocycles. The summed E-state index contributed by atoms with van der Waals surface area (Å²) in [7, 11) is 1.39. The lowest BCUT2D eigenvalue weighted by Crippen LogP contribution is -2.41. The van der Waals surface area contributed by atoms with Crippen LogP contribution in [0.5, 0.6) is 0 Å². The molecule has 0 aromatic heterocycles. The summed E-state index contributed by atoms with van der Waals surface area (Å²) >= 11 is 0. The first kappa shape index (κ1) is 18.8. The number of methoxy groups -OCH3 is 1. The molecule has 0 saturated heterocycles. The summed E-state index contributed by atoms with van der Waals surface area (Å²) in [6.07, 6.45) is 0. The zero-order valence-electron chi connectivity index (χ0n) is 11.2. The number of guanidine groups is 1. The van der Waals surface area contributed by atoms with Gasteiger partial charge in [-0.1, -0.05) is 6.92 Å². The van der Waals surface area contributed by atoms with Crippen molar-refractivity contribution < 1.29 is 9.53 Å². The summed E-state index contributed by atoms with van der Waals surface area (Å²) in [5.74, 6) is 0.282. The van der Waals surface area contributed by atoms with E-state index in [1.54, 1.807) is 6.92 Å². The predicted octanol–water partition coefficient (Wildman–Crippen LogP) is 1.38. The predicted molar refractivity (Wildman–Crippen MR) is 80.8 cm³/mol. The lowest BCUT2D eigenvalue weighted by atomic mass is 10.2. The van der Waals surface area contributed by atoms with Crippen LogP contribution in [0.2, 0.25) is 0 Å². The van der Waals surface area contributed by atoms with Crippen molar-refractivity contribution in [3.8, 4) is 0 Å². The highest BCUT2D eigenvalue weighted by molar-refractivity contribution is 14.0. The molecule has 0 spiro atoms. The first-order chi connectivity index (χ1) is 7.51. The van der Waals surface area contributed by atoms with Crippen molar-refractivity contribution in [2.24, 2.45) is 10.9 Å². The molecular formula is C11H24IN3O2. The maximum atomic E-state index is 11.2. The van der Waals surface area contributed by atoms with Gasteiger partial charge < -0.3 is 15.4 Å². The second-order valence-corrected chi connectivity index (χ2v) is 3.94. The van der Waals surface area contributed by atoms with Crippen molar-refractivity contribution in [3.63, 3.8) is 0 Å². The molecule has 0 aliphatic heterocycles. The van der Waals surface area contributed by atoms with E-state index in [2.05, 4.69) is 20.4 Å². The van der Waals surface area contributed by atoms with Gasteiger partial charge in [-0.2, -0.15) is 0 Å². The Morgan fingerprint density at radius 3 is 2.35 bits per heavy atom. The molecule has 6 heteroatoms. The van der Waals surface area contributed by atoms with Crippen LogP contribution in [-0.2, 0) is 9.53 Å². The molecule has 1 unspecified atom stereocenters. The second-order valence-electron chi connectivity index (χ2n) is 3.94. The summed E-state index contributed by atoms with van der Waals surface area (Å²) in [6.45, 7) is 9.10. The van der Waals surface area contributed by atoms with Gasteiger partial charge >= 0.3 is 5.97 Å². The zero-order chi connectivity index (χ0) is 12.6. The van der Waals surface area contributed by atoms with Crippen LogP contribution in [0.15, 0.2) is 4.99 Å². The van der Waals surface area contributed by atoms with E-state index < -0.39 is 0 Å². The average Bonchev–Trinajstić information content (AvgIpc) is 2.23. The lowest BCUT2D eigenvalue weighted by Gasteiger charge is -2.14. The quantitative estimate of drug-likeness (QED) is 0.338. The van der Waals surface area contributed by atoms with Gasteiger partial charge in [0.15, 0.2) is 5.96 Å². The number of ether oxygens (including phenoxy) is 1.